The Kier molecular flexibility index (Phi) is 8.32. The average molecular weight is 539 g/mol. The van der Waals surface area contributed by atoms with E-state index in [0.29, 0.717) is 19.3 Å². The molecule has 0 spiro atoms. The maximum absolute atomic E-state index is 12.2. The summed E-state index contributed by atoms with van der Waals surface area (Å²) in [4.78, 5) is 14.2. The zero-order valence-electron chi connectivity index (χ0n) is 24.6. The Hall–Kier alpha value is -3.57. The highest BCUT2D eigenvalue weighted by molar-refractivity contribution is 5.88. The van der Waals surface area contributed by atoms with Crippen LogP contribution in [0.3, 0.4) is 0 Å². The van der Waals surface area contributed by atoms with Gasteiger partial charge in [0, 0.05) is 23.3 Å². The Morgan fingerprint density at radius 2 is 1.60 bits per heavy atom. The van der Waals surface area contributed by atoms with Crippen molar-refractivity contribution in [2.24, 2.45) is 0 Å². The van der Waals surface area contributed by atoms with Crippen molar-refractivity contribution in [1.29, 1.82) is 0 Å². The monoisotopic (exact) mass is 538 g/mol. The third kappa shape index (κ3) is 6.42. The summed E-state index contributed by atoms with van der Waals surface area (Å²) >= 11 is 0. The number of carbonyl (C=O) groups is 1. The number of rotatable bonds is 9. The first-order valence-electron chi connectivity index (χ1n) is 14.6. The summed E-state index contributed by atoms with van der Waals surface area (Å²) < 4.78 is 13.7. The van der Waals surface area contributed by atoms with Gasteiger partial charge in [-0.3, -0.25) is 9.69 Å². The van der Waals surface area contributed by atoms with Crippen LogP contribution in [0.5, 0.6) is 5.75 Å². The molecule has 0 atom stereocenters. The lowest BCUT2D eigenvalue weighted by atomic mass is 9.86. The largest absolute Gasteiger partial charge is 0.490 e. The van der Waals surface area contributed by atoms with E-state index in [9.17, 15) is 4.79 Å². The predicted octanol–water partition coefficient (Wildman–Crippen LogP) is 7.91. The number of ether oxygens (including phenoxy) is 2. The highest BCUT2D eigenvalue weighted by Gasteiger charge is 2.18. The van der Waals surface area contributed by atoms with Gasteiger partial charge in [-0.2, -0.15) is 0 Å². The Balaban J connectivity index is 1.48. The van der Waals surface area contributed by atoms with Gasteiger partial charge in [-0.1, -0.05) is 51.1 Å². The molecule has 0 saturated heterocycles. The number of esters is 1. The van der Waals surface area contributed by atoms with E-state index in [2.05, 4.69) is 98.1 Å². The van der Waals surface area contributed by atoms with Crippen LogP contribution in [0.25, 0.3) is 27.7 Å². The van der Waals surface area contributed by atoms with Crippen molar-refractivity contribution in [1.82, 2.24) is 9.47 Å². The van der Waals surface area contributed by atoms with Crippen LogP contribution in [0.2, 0.25) is 0 Å². The van der Waals surface area contributed by atoms with Gasteiger partial charge in [-0.05, 0) is 104 Å². The minimum absolute atomic E-state index is 0.127. The molecule has 5 rings (SSSR count). The first kappa shape index (κ1) is 28.0. The third-order valence-electron chi connectivity index (χ3n) is 7.80. The quantitative estimate of drug-likeness (QED) is 0.203. The summed E-state index contributed by atoms with van der Waals surface area (Å²) in [6, 6.07) is 26.3. The van der Waals surface area contributed by atoms with Crippen molar-refractivity contribution < 1.29 is 14.3 Å². The molecule has 4 aromatic rings. The molecule has 0 N–H and O–H groups in total. The van der Waals surface area contributed by atoms with E-state index < -0.39 is 0 Å². The lowest BCUT2D eigenvalue weighted by molar-refractivity contribution is -0.144. The lowest BCUT2D eigenvalue weighted by Gasteiger charge is -2.19. The zero-order valence-corrected chi connectivity index (χ0v) is 24.6. The molecule has 5 nitrogen and oxygen atoms in total. The van der Waals surface area contributed by atoms with Crippen LogP contribution >= 0.6 is 0 Å². The molecule has 0 aliphatic heterocycles. The van der Waals surface area contributed by atoms with Crippen LogP contribution in [-0.2, 0) is 21.5 Å². The molecule has 1 aliphatic rings. The summed E-state index contributed by atoms with van der Waals surface area (Å²) in [7, 11) is 1.96. The summed E-state index contributed by atoms with van der Waals surface area (Å²) in [5.74, 6) is 0.719. The number of hydrogen-bond acceptors (Lipinski definition) is 4. The molecule has 1 aliphatic carbocycles. The maximum Gasteiger partial charge on any atom is 0.320 e. The lowest BCUT2D eigenvalue weighted by Crippen LogP contribution is -2.27. The standard InChI is InChI=1S/C35H42N2O3/c1-6-39-34(38)24-36(5)23-30-22-27-21-26(25-11-14-28(15-12-25)35(2,3)4)13-20-33(27)37(30)29-16-18-32(19-17-29)40-31-9-7-8-10-31/h11-22,31H,6-10,23-24H2,1-5H3. The topological polar surface area (TPSA) is 43.7 Å². The van der Waals surface area contributed by atoms with Crippen LogP contribution in [-0.4, -0.2) is 41.7 Å². The average Bonchev–Trinajstić information content (AvgIpc) is 3.56. The van der Waals surface area contributed by atoms with Crippen LogP contribution in [0.4, 0.5) is 0 Å². The van der Waals surface area contributed by atoms with Crippen LogP contribution in [0.1, 0.15) is 64.6 Å². The van der Waals surface area contributed by atoms with Gasteiger partial charge < -0.3 is 14.0 Å². The molecular weight excluding hydrogens is 496 g/mol. The van der Waals surface area contributed by atoms with Gasteiger partial charge in [-0.15, -0.1) is 0 Å². The van der Waals surface area contributed by atoms with Crippen molar-refractivity contribution in [3.05, 3.63) is 84.1 Å². The highest BCUT2D eigenvalue weighted by atomic mass is 16.5. The fraction of sp³-hybridized carbons (Fsp3) is 0.400. The molecule has 3 aromatic carbocycles. The van der Waals surface area contributed by atoms with Crippen LogP contribution in [0.15, 0.2) is 72.8 Å². The highest BCUT2D eigenvalue weighted by Crippen LogP contribution is 2.32. The summed E-state index contributed by atoms with van der Waals surface area (Å²) in [5, 5.41) is 1.17. The van der Waals surface area contributed by atoms with E-state index in [0.717, 1.165) is 35.5 Å². The van der Waals surface area contributed by atoms with E-state index in [1.165, 1.54) is 34.9 Å². The molecule has 5 heteroatoms. The molecule has 0 unspecified atom stereocenters. The predicted molar refractivity (Wildman–Crippen MR) is 163 cm³/mol. The van der Waals surface area contributed by atoms with E-state index >= 15 is 0 Å². The molecule has 1 heterocycles. The van der Waals surface area contributed by atoms with Gasteiger partial charge in [0.15, 0.2) is 0 Å². The molecule has 1 aromatic heterocycles. The third-order valence-corrected chi connectivity index (χ3v) is 7.80. The molecule has 0 amide bonds. The smallest absolute Gasteiger partial charge is 0.320 e. The second-order valence-corrected chi connectivity index (χ2v) is 12.1. The number of fused-ring (bicyclic) bond motifs is 1. The van der Waals surface area contributed by atoms with Gasteiger partial charge in [-0.25, -0.2) is 0 Å². The van der Waals surface area contributed by atoms with Gasteiger partial charge in [0.1, 0.15) is 5.75 Å². The fourth-order valence-corrected chi connectivity index (χ4v) is 5.67. The van der Waals surface area contributed by atoms with Crippen LogP contribution in [0, 0.1) is 0 Å². The Labute approximate surface area is 238 Å². The van der Waals surface area contributed by atoms with E-state index in [4.69, 9.17) is 9.47 Å². The minimum atomic E-state index is -0.206. The summed E-state index contributed by atoms with van der Waals surface area (Å²) in [6.45, 7) is 9.81. The van der Waals surface area contributed by atoms with Crippen molar-refractivity contribution >= 4 is 16.9 Å². The number of nitrogens with zero attached hydrogens (tertiary/aromatic N) is 2. The van der Waals surface area contributed by atoms with Crippen molar-refractivity contribution in [3.8, 4) is 22.6 Å². The Bertz CT molecular complexity index is 1440. The Morgan fingerprint density at radius 1 is 0.925 bits per heavy atom. The van der Waals surface area contributed by atoms with Crippen LogP contribution < -0.4 is 4.74 Å². The van der Waals surface area contributed by atoms with Crippen molar-refractivity contribution in [2.45, 2.75) is 71.4 Å². The SMILES string of the molecule is CCOC(=O)CN(C)Cc1cc2cc(-c3ccc(C(C)(C)C)cc3)ccc2n1-c1ccc(OC2CCCC2)cc1. The molecule has 1 fully saturated rings. The first-order valence-corrected chi connectivity index (χ1v) is 14.6. The van der Waals surface area contributed by atoms with Crippen molar-refractivity contribution in [3.63, 3.8) is 0 Å². The number of hydrogen-bond donors (Lipinski definition) is 0. The molecular formula is C35H42N2O3. The number of aromatic nitrogens is 1. The number of carbonyl (C=O) groups excluding carboxylic acids is 1. The van der Waals surface area contributed by atoms with E-state index in [1.54, 1.807) is 0 Å². The number of benzene rings is 3. The summed E-state index contributed by atoms with van der Waals surface area (Å²) in [6.07, 6.45) is 5.12. The summed E-state index contributed by atoms with van der Waals surface area (Å²) in [5.41, 5.74) is 7.19. The normalized spacial score (nSPS) is 14.2. The fourth-order valence-electron chi connectivity index (χ4n) is 5.67. The molecule has 1 saturated carbocycles. The van der Waals surface area contributed by atoms with Gasteiger partial charge >= 0.3 is 5.97 Å². The maximum atomic E-state index is 12.2. The van der Waals surface area contributed by atoms with E-state index in [-0.39, 0.29) is 17.9 Å². The zero-order chi connectivity index (χ0) is 28.3. The molecule has 0 radical (unpaired) electrons. The molecule has 210 valence electrons. The van der Waals surface area contributed by atoms with E-state index in [1.807, 2.05) is 18.9 Å². The van der Waals surface area contributed by atoms with Gasteiger partial charge in [0.05, 0.1) is 24.8 Å². The molecule has 0 bridgehead atoms. The second kappa shape index (κ2) is 11.9. The Morgan fingerprint density at radius 3 is 2.25 bits per heavy atom. The first-order chi connectivity index (χ1) is 19.2. The van der Waals surface area contributed by atoms with Crippen molar-refractivity contribution in [2.75, 3.05) is 20.2 Å². The second-order valence-electron chi connectivity index (χ2n) is 12.1. The number of likely N-dealkylation sites (N-methyl/N-ethyl adjacent to an activating group) is 1. The van der Waals surface area contributed by atoms with Gasteiger partial charge in [0.2, 0.25) is 0 Å². The van der Waals surface area contributed by atoms with Gasteiger partial charge in [0.25, 0.3) is 0 Å². The minimum Gasteiger partial charge on any atom is -0.490 e. The molecule has 40 heavy (non-hydrogen) atoms.